The zero-order valence-corrected chi connectivity index (χ0v) is 14.6. The van der Waals surface area contributed by atoms with Crippen LogP contribution in [0.2, 0.25) is 5.02 Å². The van der Waals surface area contributed by atoms with Gasteiger partial charge in [-0.1, -0.05) is 25.4 Å². The second-order valence-electron chi connectivity index (χ2n) is 4.92. The zero-order valence-electron chi connectivity index (χ0n) is 12.2. The summed E-state index contributed by atoms with van der Waals surface area (Å²) in [7, 11) is 0. The maximum Gasteiger partial charge on any atom is 0.139 e. The van der Waals surface area contributed by atoms with Crippen LogP contribution in [-0.2, 0) is 0 Å². The first-order valence-corrected chi connectivity index (χ1v) is 8.00. The number of halogens is 2. The molecule has 6 heteroatoms. The van der Waals surface area contributed by atoms with Crippen LogP contribution < -0.4 is 10.6 Å². The highest BCUT2D eigenvalue weighted by Crippen LogP contribution is 2.32. The molecule has 21 heavy (non-hydrogen) atoms. The first-order valence-electron chi connectivity index (χ1n) is 6.83. The fourth-order valence-corrected chi connectivity index (χ4v) is 2.49. The van der Waals surface area contributed by atoms with E-state index in [9.17, 15) is 0 Å². The number of nitrogens with zero attached hydrogens (tertiary/aromatic N) is 2. The summed E-state index contributed by atoms with van der Waals surface area (Å²) in [5.41, 5.74) is 1.96. The number of anilines is 3. The third-order valence-corrected chi connectivity index (χ3v) is 4.22. The van der Waals surface area contributed by atoms with E-state index in [-0.39, 0.29) is 0 Å². The topological polar surface area (TPSA) is 49.8 Å². The lowest BCUT2D eigenvalue weighted by Crippen LogP contribution is -2.09. The highest BCUT2D eigenvalue weighted by molar-refractivity contribution is 9.10. The van der Waals surface area contributed by atoms with Gasteiger partial charge in [-0.05, 0) is 47.0 Å². The molecule has 4 nitrogen and oxygen atoms in total. The minimum Gasteiger partial charge on any atom is -0.370 e. The molecule has 0 aliphatic heterocycles. The van der Waals surface area contributed by atoms with Gasteiger partial charge in [0, 0.05) is 22.3 Å². The van der Waals surface area contributed by atoms with Crippen LogP contribution in [-0.4, -0.2) is 16.5 Å². The SMILES string of the molecule is CCNc1ncnc(Nc2ccc(Br)c(Cl)c2)c1C(C)C. The summed E-state index contributed by atoms with van der Waals surface area (Å²) in [6, 6.07) is 5.73. The van der Waals surface area contributed by atoms with Gasteiger partial charge in [-0.15, -0.1) is 0 Å². The van der Waals surface area contributed by atoms with Crippen LogP contribution in [0.25, 0.3) is 0 Å². The Morgan fingerprint density at radius 3 is 2.57 bits per heavy atom. The molecule has 0 amide bonds. The lowest BCUT2D eigenvalue weighted by atomic mass is 10.0. The van der Waals surface area contributed by atoms with Crippen molar-refractivity contribution in [3.63, 3.8) is 0 Å². The van der Waals surface area contributed by atoms with E-state index in [1.54, 1.807) is 6.33 Å². The Morgan fingerprint density at radius 1 is 1.24 bits per heavy atom. The number of nitrogens with one attached hydrogen (secondary N) is 2. The van der Waals surface area contributed by atoms with E-state index in [0.717, 1.165) is 33.9 Å². The van der Waals surface area contributed by atoms with Crippen LogP contribution in [0.15, 0.2) is 29.0 Å². The number of aromatic nitrogens is 2. The van der Waals surface area contributed by atoms with E-state index < -0.39 is 0 Å². The van der Waals surface area contributed by atoms with Gasteiger partial charge in [-0.2, -0.15) is 0 Å². The van der Waals surface area contributed by atoms with Gasteiger partial charge in [0.15, 0.2) is 0 Å². The molecular formula is C15H18BrClN4. The summed E-state index contributed by atoms with van der Waals surface area (Å²) in [6.45, 7) is 7.12. The molecule has 0 unspecified atom stereocenters. The minimum absolute atomic E-state index is 0.300. The number of rotatable bonds is 5. The van der Waals surface area contributed by atoms with Crippen LogP contribution in [0.4, 0.5) is 17.3 Å². The Labute approximate surface area is 138 Å². The maximum absolute atomic E-state index is 6.13. The Morgan fingerprint density at radius 2 is 1.95 bits per heavy atom. The van der Waals surface area contributed by atoms with Gasteiger partial charge in [-0.3, -0.25) is 0 Å². The largest absolute Gasteiger partial charge is 0.370 e. The summed E-state index contributed by atoms with van der Waals surface area (Å²) in [4.78, 5) is 8.70. The number of benzene rings is 1. The summed E-state index contributed by atoms with van der Waals surface area (Å²) in [5.74, 6) is 1.97. The summed E-state index contributed by atoms with van der Waals surface area (Å²) >= 11 is 9.52. The standard InChI is InChI=1S/C15H18BrClN4/c1-4-18-14-13(9(2)3)15(20-8-19-14)21-10-5-6-11(16)12(17)7-10/h5-9H,4H2,1-3H3,(H2,18,19,20,21). The summed E-state index contributed by atoms with van der Waals surface area (Å²) in [5, 5.41) is 7.26. The summed E-state index contributed by atoms with van der Waals surface area (Å²) < 4.78 is 0.870. The quantitative estimate of drug-likeness (QED) is 0.761. The molecule has 2 aromatic rings. The second kappa shape index (κ2) is 7.09. The van der Waals surface area contributed by atoms with Crippen molar-refractivity contribution in [2.75, 3.05) is 17.2 Å². The van der Waals surface area contributed by atoms with Crippen molar-refractivity contribution in [1.82, 2.24) is 9.97 Å². The third kappa shape index (κ3) is 3.86. The third-order valence-electron chi connectivity index (χ3n) is 2.99. The van der Waals surface area contributed by atoms with Crippen molar-refractivity contribution in [3.05, 3.63) is 39.6 Å². The number of hydrogen-bond acceptors (Lipinski definition) is 4. The van der Waals surface area contributed by atoms with Crippen molar-refractivity contribution < 1.29 is 0 Å². The molecule has 0 aliphatic carbocycles. The predicted octanol–water partition coefficient (Wildman–Crippen LogP) is 5.19. The first kappa shape index (κ1) is 16.0. The van der Waals surface area contributed by atoms with Crippen molar-refractivity contribution in [2.45, 2.75) is 26.7 Å². The zero-order chi connectivity index (χ0) is 15.4. The Hall–Kier alpha value is -1.33. The van der Waals surface area contributed by atoms with E-state index >= 15 is 0 Å². The Kier molecular flexibility index (Phi) is 5.42. The molecule has 2 N–H and O–H groups in total. The Bertz CT molecular complexity index is 631. The van der Waals surface area contributed by atoms with E-state index in [4.69, 9.17) is 11.6 Å². The van der Waals surface area contributed by atoms with E-state index in [2.05, 4.69) is 50.4 Å². The molecule has 1 aromatic carbocycles. The van der Waals surface area contributed by atoms with Crippen LogP contribution in [0.3, 0.4) is 0 Å². The van der Waals surface area contributed by atoms with Crippen LogP contribution >= 0.6 is 27.5 Å². The Balaban J connectivity index is 2.38. The molecular weight excluding hydrogens is 352 g/mol. The highest BCUT2D eigenvalue weighted by Gasteiger charge is 2.15. The van der Waals surface area contributed by atoms with Crippen LogP contribution in [0.1, 0.15) is 32.3 Å². The molecule has 0 saturated heterocycles. The molecule has 0 bridgehead atoms. The minimum atomic E-state index is 0.300. The van der Waals surface area contributed by atoms with Gasteiger partial charge >= 0.3 is 0 Å². The van der Waals surface area contributed by atoms with Gasteiger partial charge < -0.3 is 10.6 Å². The normalized spacial score (nSPS) is 10.8. The van der Waals surface area contributed by atoms with Crippen molar-refractivity contribution >= 4 is 44.9 Å². The van der Waals surface area contributed by atoms with Gasteiger partial charge in [0.2, 0.25) is 0 Å². The molecule has 0 saturated carbocycles. The van der Waals surface area contributed by atoms with Crippen molar-refractivity contribution in [3.8, 4) is 0 Å². The van der Waals surface area contributed by atoms with Gasteiger partial charge in [0.1, 0.15) is 18.0 Å². The maximum atomic E-state index is 6.13. The van der Waals surface area contributed by atoms with E-state index in [1.807, 2.05) is 25.1 Å². The molecule has 2 rings (SSSR count). The van der Waals surface area contributed by atoms with Crippen LogP contribution in [0.5, 0.6) is 0 Å². The smallest absolute Gasteiger partial charge is 0.139 e. The fourth-order valence-electron chi connectivity index (χ4n) is 2.06. The monoisotopic (exact) mass is 368 g/mol. The summed E-state index contributed by atoms with van der Waals surface area (Å²) in [6.07, 6.45) is 1.56. The molecule has 1 heterocycles. The van der Waals surface area contributed by atoms with Gasteiger partial charge in [0.25, 0.3) is 0 Å². The van der Waals surface area contributed by atoms with E-state index in [0.29, 0.717) is 10.9 Å². The molecule has 0 aliphatic rings. The van der Waals surface area contributed by atoms with Crippen molar-refractivity contribution in [2.24, 2.45) is 0 Å². The highest BCUT2D eigenvalue weighted by atomic mass is 79.9. The average Bonchev–Trinajstić information content (AvgIpc) is 2.43. The van der Waals surface area contributed by atoms with Gasteiger partial charge in [0.05, 0.1) is 5.02 Å². The van der Waals surface area contributed by atoms with Gasteiger partial charge in [-0.25, -0.2) is 9.97 Å². The molecule has 1 aromatic heterocycles. The predicted molar refractivity (Wildman–Crippen MR) is 92.7 cm³/mol. The molecule has 0 radical (unpaired) electrons. The van der Waals surface area contributed by atoms with Crippen molar-refractivity contribution in [1.29, 1.82) is 0 Å². The molecule has 0 fully saturated rings. The van der Waals surface area contributed by atoms with E-state index in [1.165, 1.54) is 0 Å². The molecule has 112 valence electrons. The molecule has 0 spiro atoms. The number of hydrogen-bond donors (Lipinski definition) is 2. The fraction of sp³-hybridized carbons (Fsp3) is 0.333. The first-order chi connectivity index (χ1) is 10.0. The average molecular weight is 370 g/mol. The van der Waals surface area contributed by atoms with Crippen LogP contribution in [0, 0.1) is 0 Å². The second-order valence-corrected chi connectivity index (χ2v) is 6.19. The lowest BCUT2D eigenvalue weighted by molar-refractivity contribution is 0.849. The molecule has 0 atom stereocenters. The lowest BCUT2D eigenvalue weighted by Gasteiger charge is -2.17.